The van der Waals surface area contributed by atoms with Crippen LogP contribution in [0.5, 0.6) is 0 Å². The van der Waals surface area contributed by atoms with Gasteiger partial charge in [0.1, 0.15) is 12.3 Å². The van der Waals surface area contributed by atoms with Gasteiger partial charge in [-0.05, 0) is 43.9 Å². The molecule has 1 N–H and O–H groups in total. The molecule has 2 amide bonds. The molecular weight excluding hydrogens is 365 g/mol. The molecule has 0 spiro atoms. The highest BCUT2D eigenvalue weighted by Crippen LogP contribution is 2.30. The molecular formula is C17H17Cl2N3O3. The number of nitrogens with one attached hydrogen (secondary N) is 1. The molecule has 0 unspecified atom stereocenters. The van der Waals surface area contributed by atoms with Crippen molar-refractivity contribution >= 4 is 40.8 Å². The quantitative estimate of drug-likeness (QED) is 0.825. The van der Waals surface area contributed by atoms with Crippen LogP contribution in [0.1, 0.15) is 29.0 Å². The Labute approximate surface area is 155 Å². The van der Waals surface area contributed by atoms with E-state index in [2.05, 4.69) is 10.5 Å². The number of rotatable bonds is 6. The van der Waals surface area contributed by atoms with E-state index in [1.54, 1.807) is 25.1 Å². The van der Waals surface area contributed by atoms with Crippen molar-refractivity contribution in [3.63, 3.8) is 0 Å². The molecule has 1 aliphatic carbocycles. The zero-order valence-corrected chi connectivity index (χ0v) is 15.1. The van der Waals surface area contributed by atoms with E-state index in [9.17, 15) is 9.59 Å². The van der Waals surface area contributed by atoms with Gasteiger partial charge in [-0.3, -0.25) is 9.59 Å². The molecule has 3 rings (SSSR count). The van der Waals surface area contributed by atoms with Crippen molar-refractivity contribution in [3.8, 4) is 0 Å². The lowest BCUT2D eigenvalue weighted by atomic mass is 10.2. The molecule has 8 heteroatoms. The lowest BCUT2D eigenvalue weighted by molar-refractivity contribution is -0.117. The molecule has 0 saturated heterocycles. The summed E-state index contributed by atoms with van der Waals surface area (Å²) in [5, 5.41) is 7.03. The Bertz CT molecular complexity index is 802. The van der Waals surface area contributed by atoms with Gasteiger partial charge in [0, 0.05) is 18.2 Å². The summed E-state index contributed by atoms with van der Waals surface area (Å²) in [4.78, 5) is 26.6. The van der Waals surface area contributed by atoms with Gasteiger partial charge in [0.2, 0.25) is 5.91 Å². The van der Waals surface area contributed by atoms with Crippen molar-refractivity contribution in [3.05, 3.63) is 45.6 Å². The van der Waals surface area contributed by atoms with Gasteiger partial charge in [-0.15, -0.1) is 0 Å². The standard InChI is InChI=1S/C17H17Cl2N3O3/c1-10-6-15(21-25-10)20-16(23)9-22(8-11-2-3-11)17(24)12-4-5-13(18)14(19)7-12/h4-7,11H,2-3,8-9H2,1H3,(H,20,21,23). The topological polar surface area (TPSA) is 75.4 Å². The first-order valence-electron chi connectivity index (χ1n) is 7.90. The molecule has 0 radical (unpaired) electrons. The maximum absolute atomic E-state index is 12.8. The van der Waals surface area contributed by atoms with E-state index < -0.39 is 0 Å². The highest BCUT2D eigenvalue weighted by atomic mass is 35.5. The van der Waals surface area contributed by atoms with Gasteiger partial charge >= 0.3 is 0 Å². The van der Waals surface area contributed by atoms with Crippen LogP contribution in [0.25, 0.3) is 0 Å². The minimum atomic E-state index is -0.331. The van der Waals surface area contributed by atoms with Gasteiger partial charge in [0.25, 0.3) is 5.91 Å². The number of aryl methyl sites for hydroxylation is 1. The zero-order valence-electron chi connectivity index (χ0n) is 13.6. The molecule has 6 nitrogen and oxygen atoms in total. The van der Waals surface area contributed by atoms with Crippen LogP contribution >= 0.6 is 23.2 Å². The summed E-state index contributed by atoms with van der Waals surface area (Å²) in [5.74, 6) is 0.779. The number of amides is 2. The number of hydrogen-bond acceptors (Lipinski definition) is 4. The average molecular weight is 382 g/mol. The molecule has 1 saturated carbocycles. The summed E-state index contributed by atoms with van der Waals surface area (Å²) >= 11 is 11.9. The molecule has 2 aromatic rings. The number of anilines is 1. The molecule has 1 aromatic heterocycles. The minimum absolute atomic E-state index is 0.0680. The van der Waals surface area contributed by atoms with Gasteiger partial charge in [-0.25, -0.2) is 0 Å². The van der Waals surface area contributed by atoms with Crippen molar-refractivity contribution in [2.75, 3.05) is 18.4 Å². The molecule has 1 heterocycles. The van der Waals surface area contributed by atoms with Crippen LogP contribution in [0.4, 0.5) is 5.82 Å². The predicted octanol–water partition coefficient (Wildman–Crippen LogP) is 3.78. The summed E-state index contributed by atoms with van der Waals surface area (Å²) in [6, 6.07) is 6.31. The molecule has 1 aliphatic rings. The summed E-state index contributed by atoms with van der Waals surface area (Å²) in [6.45, 7) is 2.20. The molecule has 1 aromatic carbocycles. The van der Waals surface area contributed by atoms with E-state index >= 15 is 0 Å². The van der Waals surface area contributed by atoms with Crippen molar-refractivity contribution in [1.29, 1.82) is 0 Å². The fraction of sp³-hybridized carbons (Fsp3) is 0.353. The first kappa shape index (κ1) is 17.8. The van der Waals surface area contributed by atoms with E-state index in [1.165, 1.54) is 11.0 Å². The van der Waals surface area contributed by atoms with E-state index in [-0.39, 0.29) is 18.4 Å². The highest BCUT2D eigenvalue weighted by Gasteiger charge is 2.29. The third-order valence-corrected chi connectivity index (χ3v) is 4.60. The molecule has 0 atom stereocenters. The van der Waals surface area contributed by atoms with Gasteiger partial charge in [-0.1, -0.05) is 28.4 Å². The van der Waals surface area contributed by atoms with Crippen LogP contribution in [-0.4, -0.2) is 35.0 Å². The number of benzene rings is 1. The Morgan fingerprint density at radius 1 is 1.28 bits per heavy atom. The van der Waals surface area contributed by atoms with Gasteiger partial charge in [0.15, 0.2) is 5.82 Å². The molecule has 0 aliphatic heterocycles. The molecule has 1 fully saturated rings. The Hall–Kier alpha value is -2.05. The van der Waals surface area contributed by atoms with E-state index in [1.807, 2.05) is 0 Å². The lowest BCUT2D eigenvalue weighted by Crippen LogP contribution is -2.39. The van der Waals surface area contributed by atoms with Crippen molar-refractivity contribution < 1.29 is 14.1 Å². The molecule has 132 valence electrons. The van der Waals surface area contributed by atoms with Crippen molar-refractivity contribution in [2.45, 2.75) is 19.8 Å². The summed E-state index contributed by atoms with van der Waals surface area (Å²) < 4.78 is 4.91. The van der Waals surface area contributed by atoms with Crippen LogP contribution in [0.3, 0.4) is 0 Å². The van der Waals surface area contributed by atoms with Gasteiger partial charge < -0.3 is 14.7 Å². The lowest BCUT2D eigenvalue weighted by Gasteiger charge is -2.22. The second-order valence-electron chi connectivity index (χ2n) is 6.13. The fourth-order valence-electron chi connectivity index (χ4n) is 2.42. The second-order valence-corrected chi connectivity index (χ2v) is 6.94. The monoisotopic (exact) mass is 381 g/mol. The smallest absolute Gasteiger partial charge is 0.254 e. The number of aromatic nitrogens is 1. The Morgan fingerprint density at radius 3 is 2.64 bits per heavy atom. The first-order chi connectivity index (χ1) is 11.9. The maximum Gasteiger partial charge on any atom is 0.254 e. The molecule has 25 heavy (non-hydrogen) atoms. The largest absolute Gasteiger partial charge is 0.360 e. The number of carbonyl (C=O) groups is 2. The summed E-state index contributed by atoms with van der Waals surface area (Å²) in [7, 11) is 0. The van der Waals surface area contributed by atoms with Crippen LogP contribution in [0.15, 0.2) is 28.8 Å². The van der Waals surface area contributed by atoms with Crippen LogP contribution < -0.4 is 5.32 Å². The molecule has 0 bridgehead atoms. The first-order valence-corrected chi connectivity index (χ1v) is 8.65. The number of halogens is 2. The Morgan fingerprint density at radius 2 is 2.04 bits per heavy atom. The van der Waals surface area contributed by atoms with Crippen LogP contribution in [-0.2, 0) is 4.79 Å². The number of hydrogen-bond donors (Lipinski definition) is 1. The Kier molecular flexibility index (Phi) is 5.30. The SMILES string of the molecule is Cc1cc(NC(=O)CN(CC2CC2)C(=O)c2ccc(Cl)c(Cl)c2)no1. The highest BCUT2D eigenvalue weighted by molar-refractivity contribution is 6.42. The Balaban J connectivity index is 1.70. The normalized spacial score (nSPS) is 13.6. The van der Waals surface area contributed by atoms with E-state index in [0.717, 1.165) is 12.8 Å². The fourth-order valence-corrected chi connectivity index (χ4v) is 2.72. The zero-order chi connectivity index (χ0) is 18.0. The number of nitrogens with zero attached hydrogens (tertiary/aromatic N) is 2. The van der Waals surface area contributed by atoms with Crippen LogP contribution in [0.2, 0.25) is 10.0 Å². The van der Waals surface area contributed by atoms with E-state index in [0.29, 0.717) is 39.6 Å². The van der Waals surface area contributed by atoms with Gasteiger partial charge in [0.05, 0.1) is 10.0 Å². The third-order valence-electron chi connectivity index (χ3n) is 3.86. The van der Waals surface area contributed by atoms with Gasteiger partial charge in [-0.2, -0.15) is 0 Å². The second kappa shape index (κ2) is 7.45. The average Bonchev–Trinajstić information content (AvgIpc) is 3.29. The number of carbonyl (C=O) groups excluding carboxylic acids is 2. The summed E-state index contributed by atoms with van der Waals surface area (Å²) in [5.41, 5.74) is 0.403. The minimum Gasteiger partial charge on any atom is -0.360 e. The predicted molar refractivity (Wildman–Crippen MR) is 95.0 cm³/mol. The van der Waals surface area contributed by atoms with Crippen molar-refractivity contribution in [2.24, 2.45) is 5.92 Å². The summed E-state index contributed by atoms with van der Waals surface area (Å²) in [6.07, 6.45) is 2.13. The van der Waals surface area contributed by atoms with Crippen molar-refractivity contribution in [1.82, 2.24) is 10.1 Å². The third kappa shape index (κ3) is 4.74. The maximum atomic E-state index is 12.8. The van der Waals surface area contributed by atoms with E-state index in [4.69, 9.17) is 27.7 Å². The van der Waals surface area contributed by atoms with Crippen LogP contribution in [0, 0.1) is 12.8 Å².